The van der Waals surface area contributed by atoms with Crippen molar-refractivity contribution in [2.75, 3.05) is 26.9 Å². The maximum Gasteiger partial charge on any atom is 0.337 e. The van der Waals surface area contributed by atoms with Crippen molar-refractivity contribution in [2.24, 2.45) is 0 Å². The monoisotopic (exact) mass is 408 g/mol. The van der Waals surface area contributed by atoms with E-state index in [-0.39, 0.29) is 18.7 Å². The first-order valence-electron chi connectivity index (χ1n) is 10.7. The van der Waals surface area contributed by atoms with Crippen molar-refractivity contribution in [1.82, 2.24) is 9.47 Å². The summed E-state index contributed by atoms with van der Waals surface area (Å²) in [5.41, 5.74) is 5.51. The zero-order chi connectivity index (χ0) is 21.1. The van der Waals surface area contributed by atoms with E-state index in [0.29, 0.717) is 5.56 Å². The van der Waals surface area contributed by atoms with Crippen molar-refractivity contribution in [3.05, 3.63) is 70.9 Å². The molecule has 1 aliphatic rings. The highest BCUT2D eigenvalue weighted by Gasteiger charge is 2.24. The van der Waals surface area contributed by atoms with E-state index < -0.39 is 0 Å². The number of esters is 1. The maximum absolute atomic E-state index is 13.3. The molecule has 1 saturated heterocycles. The summed E-state index contributed by atoms with van der Waals surface area (Å²) in [5, 5.41) is 1.26. The highest BCUT2D eigenvalue weighted by molar-refractivity contribution is 5.89. The second-order valence-electron chi connectivity index (χ2n) is 8.08. The quantitative estimate of drug-likeness (QED) is 0.529. The molecule has 1 atom stereocenters. The Morgan fingerprint density at radius 3 is 2.63 bits per heavy atom. The molecule has 0 aliphatic carbocycles. The van der Waals surface area contributed by atoms with Crippen LogP contribution in [0.25, 0.3) is 10.9 Å². The van der Waals surface area contributed by atoms with Gasteiger partial charge in [0.15, 0.2) is 0 Å². The SMILES string of the molecule is COC(=O)c1ccc(Cc2c(C)n(CCN3CCCC3CF)c3ccccc23)cc1. The van der Waals surface area contributed by atoms with Gasteiger partial charge in [-0.15, -0.1) is 0 Å². The van der Waals surface area contributed by atoms with E-state index in [1.807, 2.05) is 24.3 Å². The topological polar surface area (TPSA) is 34.5 Å². The number of hydrogen-bond donors (Lipinski definition) is 0. The van der Waals surface area contributed by atoms with Crippen LogP contribution in [-0.2, 0) is 17.7 Å². The summed E-state index contributed by atoms with van der Waals surface area (Å²) in [6.45, 7) is 4.66. The molecule has 5 heteroatoms. The van der Waals surface area contributed by atoms with E-state index in [9.17, 15) is 9.18 Å². The summed E-state index contributed by atoms with van der Waals surface area (Å²) in [5.74, 6) is -0.317. The number of aromatic nitrogens is 1. The Hall–Kier alpha value is -2.66. The van der Waals surface area contributed by atoms with E-state index in [1.165, 1.54) is 29.3 Å². The molecule has 0 spiro atoms. The minimum Gasteiger partial charge on any atom is -0.465 e. The summed E-state index contributed by atoms with van der Waals surface area (Å²) in [6.07, 6.45) is 2.86. The van der Waals surface area contributed by atoms with Crippen LogP contribution in [0.1, 0.15) is 40.0 Å². The Morgan fingerprint density at radius 2 is 1.90 bits per heavy atom. The molecule has 0 radical (unpaired) electrons. The number of benzene rings is 2. The highest BCUT2D eigenvalue weighted by atomic mass is 19.1. The van der Waals surface area contributed by atoms with Crippen molar-refractivity contribution in [3.8, 4) is 0 Å². The lowest BCUT2D eigenvalue weighted by molar-refractivity contribution is 0.0600. The lowest BCUT2D eigenvalue weighted by Crippen LogP contribution is -2.33. The third kappa shape index (κ3) is 3.99. The average Bonchev–Trinajstić information content (AvgIpc) is 3.35. The summed E-state index contributed by atoms with van der Waals surface area (Å²) in [7, 11) is 1.40. The first-order chi connectivity index (χ1) is 14.6. The van der Waals surface area contributed by atoms with Crippen LogP contribution in [-0.4, -0.2) is 48.4 Å². The number of ether oxygens (including phenoxy) is 1. The maximum atomic E-state index is 13.3. The Labute approximate surface area is 177 Å². The normalized spacial score (nSPS) is 17.0. The van der Waals surface area contributed by atoms with E-state index in [1.54, 1.807) is 0 Å². The summed E-state index contributed by atoms with van der Waals surface area (Å²) in [4.78, 5) is 14.0. The lowest BCUT2D eigenvalue weighted by Gasteiger charge is -2.23. The number of fused-ring (bicyclic) bond motifs is 1. The van der Waals surface area contributed by atoms with Crippen molar-refractivity contribution in [1.29, 1.82) is 0 Å². The van der Waals surface area contributed by atoms with Crippen LogP contribution in [0.15, 0.2) is 48.5 Å². The van der Waals surface area contributed by atoms with Crippen LogP contribution in [0, 0.1) is 6.92 Å². The molecule has 30 heavy (non-hydrogen) atoms. The first kappa shape index (κ1) is 20.6. The number of methoxy groups -OCH3 is 1. The third-order valence-electron chi connectivity index (χ3n) is 6.41. The van der Waals surface area contributed by atoms with Crippen LogP contribution >= 0.6 is 0 Å². The molecule has 1 aromatic heterocycles. The second kappa shape index (κ2) is 9.00. The Morgan fingerprint density at radius 1 is 1.13 bits per heavy atom. The minimum atomic E-state index is -0.317. The summed E-state index contributed by atoms with van der Waals surface area (Å²) in [6, 6.07) is 16.2. The zero-order valence-corrected chi connectivity index (χ0v) is 17.7. The molecular weight excluding hydrogens is 379 g/mol. The van der Waals surface area contributed by atoms with Gasteiger partial charge in [0, 0.05) is 35.7 Å². The summed E-state index contributed by atoms with van der Waals surface area (Å²) < 4.78 is 20.4. The standard InChI is InChI=1S/C25H29FN2O2/c1-18-23(16-19-9-11-20(12-10-19)25(29)30-2)22-7-3-4-8-24(22)28(18)15-14-27-13-5-6-21(27)17-26/h3-4,7-12,21H,5-6,13-17H2,1-2H3. The highest BCUT2D eigenvalue weighted by Crippen LogP contribution is 2.29. The number of hydrogen-bond acceptors (Lipinski definition) is 3. The Kier molecular flexibility index (Phi) is 6.18. The van der Waals surface area contributed by atoms with Crippen molar-refractivity contribution in [3.63, 3.8) is 0 Å². The van der Waals surface area contributed by atoms with Crippen LogP contribution in [0.4, 0.5) is 4.39 Å². The molecule has 2 aromatic carbocycles. The molecule has 0 saturated carbocycles. The molecule has 3 aromatic rings. The van der Waals surface area contributed by atoms with Gasteiger partial charge in [-0.25, -0.2) is 9.18 Å². The Bertz CT molecular complexity index is 1030. The van der Waals surface area contributed by atoms with Gasteiger partial charge in [-0.1, -0.05) is 30.3 Å². The van der Waals surface area contributed by atoms with Crippen molar-refractivity contribution >= 4 is 16.9 Å². The van der Waals surface area contributed by atoms with Crippen LogP contribution in [0.2, 0.25) is 0 Å². The van der Waals surface area contributed by atoms with Gasteiger partial charge >= 0.3 is 5.97 Å². The van der Waals surface area contributed by atoms with Gasteiger partial charge in [0.05, 0.1) is 12.7 Å². The largest absolute Gasteiger partial charge is 0.465 e. The number of rotatable bonds is 7. The van der Waals surface area contributed by atoms with Gasteiger partial charge < -0.3 is 9.30 Å². The van der Waals surface area contributed by atoms with E-state index >= 15 is 0 Å². The predicted octanol–water partition coefficient (Wildman–Crippen LogP) is 4.76. The number of carbonyl (C=O) groups excluding carboxylic acids is 1. The van der Waals surface area contributed by atoms with Gasteiger partial charge in [-0.2, -0.15) is 0 Å². The van der Waals surface area contributed by atoms with Crippen molar-refractivity contribution in [2.45, 2.75) is 38.8 Å². The smallest absolute Gasteiger partial charge is 0.337 e. The average molecular weight is 409 g/mol. The molecule has 1 unspecified atom stereocenters. The minimum absolute atomic E-state index is 0.0833. The lowest BCUT2D eigenvalue weighted by atomic mass is 10.0. The number of halogens is 1. The van der Waals surface area contributed by atoms with Gasteiger partial charge in [-0.05, 0) is 62.1 Å². The van der Waals surface area contributed by atoms with Crippen molar-refractivity contribution < 1.29 is 13.9 Å². The molecule has 1 fully saturated rings. The van der Waals surface area contributed by atoms with Gasteiger partial charge in [0.1, 0.15) is 6.67 Å². The fourth-order valence-electron chi connectivity index (χ4n) is 4.69. The van der Waals surface area contributed by atoms with E-state index in [4.69, 9.17) is 4.74 Å². The molecule has 0 amide bonds. The number of alkyl halides is 1. The fraction of sp³-hybridized carbons (Fsp3) is 0.400. The van der Waals surface area contributed by atoms with Gasteiger partial charge in [0.25, 0.3) is 0 Å². The van der Waals surface area contributed by atoms with Crippen LogP contribution in [0.3, 0.4) is 0 Å². The molecule has 4 rings (SSSR count). The summed E-state index contributed by atoms with van der Waals surface area (Å²) >= 11 is 0. The molecule has 4 nitrogen and oxygen atoms in total. The second-order valence-corrected chi connectivity index (χ2v) is 8.08. The fourth-order valence-corrected chi connectivity index (χ4v) is 4.69. The Balaban J connectivity index is 1.59. The van der Waals surface area contributed by atoms with Gasteiger partial charge in [-0.3, -0.25) is 4.90 Å². The number of carbonyl (C=O) groups is 1. The van der Waals surface area contributed by atoms with Gasteiger partial charge in [0.2, 0.25) is 0 Å². The molecule has 0 N–H and O–H groups in total. The molecule has 158 valence electrons. The zero-order valence-electron chi connectivity index (χ0n) is 17.7. The molecule has 0 bridgehead atoms. The third-order valence-corrected chi connectivity index (χ3v) is 6.41. The molecular formula is C25H29FN2O2. The van der Waals surface area contributed by atoms with E-state index in [2.05, 4.69) is 40.7 Å². The predicted molar refractivity (Wildman–Crippen MR) is 118 cm³/mol. The first-order valence-corrected chi connectivity index (χ1v) is 10.7. The number of nitrogens with zero attached hydrogens (tertiary/aromatic N) is 2. The number of para-hydroxylation sites is 1. The van der Waals surface area contributed by atoms with E-state index in [0.717, 1.165) is 44.5 Å². The van der Waals surface area contributed by atoms with Crippen LogP contribution < -0.4 is 0 Å². The van der Waals surface area contributed by atoms with Crippen LogP contribution in [0.5, 0.6) is 0 Å². The molecule has 1 aliphatic heterocycles. The molecule has 2 heterocycles. The number of likely N-dealkylation sites (tertiary alicyclic amines) is 1.